The number of amides is 3. The number of aliphatic hydroxyl groups is 2. The number of carbonyl (C=O) groups is 6. The van der Waals surface area contributed by atoms with E-state index in [4.69, 9.17) is 10.5 Å². The molecule has 2 rings (SSSR count). The monoisotopic (exact) mass is 697 g/mol. The van der Waals surface area contributed by atoms with Crippen molar-refractivity contribution in [2.75, 3.05) is 18.5 Å². The zero-order valence-electron chi connectivity index (χ0n) is 27.8. The smallest absolute Gasteiger partial charge is 0.351 e. The van der Waals surface area contributed by atoms with E-state index in [0.29, 0.717) is 10.1 Å². The standard InChI is InChI=1S/C32H45F2N5O10/c1-17(2)22(15-21(42)8-7-20(41)9-10-23(43)18(3)4)24(44)14-19(6-5-12-36-30(35)47)28(46)37-26-11-13-39(31(48)38-26)29-32(33,34)27(45)25(16-40)49-29/h11,13,17,19,22,25,27,29,40,45H,3,5-10,12,14-16H2,1-2,4H3,(H3,35,36,47)(H,37,38,46,48)/t19?,22?,25-,27-,29-/m1/s1. The molecule has 1 aliphatic heterocycles. The molecule has 2 unspecified atom stereocenters. The molecule has 0 bridgehead atoms. The maximum absolute atomic E-state index is 14.5. The number of nitrogens with two attached hydrogens (primary N) is 1. The Morgan fingerprint density at radius 3 is 2.29 bits per heavy atom. The van der Waals surface area contributed by atoms with Crippen LogP contribution in [-0.4, -0.2) is 86.1 Å². The highest BCUT2D eigenvalue weighted by Crippen LogP contribution is 2.42. The van der Waals surface area contributed by atoms with Crippen molar-refractivity contribution >= 4 is 40.9 Å². The second-order valence-electron chi connectivity index (χ2n) is 12.5. The van der Waals surface area contributed by atoms with E-state index < -0.39 is 66.2 Å². The molecule has 17 heteroatoms. The lowest BCUT2D eigenvalue weighted by molar-refractivity contribution is -0.141. The molecular formula is C32H45F2N5O10. The quantitative estimate of drug-likeness (QED) is 0.0913. The number of carbonyl (C=O) groups excluding carboxylic acids is 6. The second-order valence-corrected chi connectivity index (χ2v) is 12.5. The maximum atomic E-state index is 14.5. The molecule has 1 aliphatic rings. The van der Waals surface area contributed by atoms with Gasteiger partial charge in [-0.3, -0.25) is 28.5 Å². The number of halogens is 2. The number of hydrogen-bond donors (Lipinski definition) is 5. The Morgan fingerprint density at radius 2 is 1.73 bits per heavy atom. The van der Waals surface area contributed by atoms with Crippen LogP contribution < -0.4 is 22.1 Å². The number of nitrogens with zero attached hydrogens (tertiary/aromatic N) is 2. The zero-order valence-corrected chi connectivity index (χ0v) is 27.8. The number of rotatable bonds is 21. The van der Waals surface area contributed by atoms with E-state index in [1.54, 1.807) is 20.8 Å². The summed E-state index contributed by atoms with van der Waals surface area (Å²) in [5, 5.41) is 23.7. The molecule has 1 fully saturated rings. The SMILES string of the molecule is C=C(C)C(=O)CCC(=O)CCC(=O)CC(C(=O)CC(CCCNC(N)=O)C(=O)Nc1ccn([C@@H]2O[C@H](CO)[C@@H](O)C2(F)F)c(=O)n1)C(C)C. The molecular weight excluding hydrogens is 652 g/mol. The van der Waals surface area contributed by atoms with Crippen LogP contribution in [0.2, 0.25) is 0 Å². The fourth-order valence-corrected chi connectivity index (χ4v) is 5.23. The van der Waals surface area contributed by atoms with Gasteiger partial charge in [-0.25, -0.2) is 9.59 Å². The Bertz CT molecular complexity index is 1460. The van der Waals surface area contributed by atoms with Gasteiger partial charge in [0.25, 0.3) is 0 Å². The highest BCUT2D eigenvalue weighted by Gasteiger charge is 2.59. The van der Waals surface area contributed by atoms with Gasteiger partial charge in [0.1, 0.15) is 29.3 Å². The summed E-state index contributed by atoms with van der Waals surface area (Å²) in [5.41, 5.74) is 4.17. The first-order valence-corrected chi connectivity index (χ1v) is 15.9. The number of aliphatic hydroxyl groups excluding tert-OH is 2. The van der Waals surface area contributed by atoms with E-state index in [9.17, 15) is 52.6 Å². The summed E-state index contributed by atoms with van der Waals surface area (Å²) in [6, 6.07) is 0.242. The Hall–Kier alpha value is -4.22. The van der Waals surface area contributed by atoms with E-state index in [0.717, 1.165) is 12.3 Å². The van der Waals surface area contributed by atoms with Gasteiger partial charge in [-0.15, -0.1) is 0 Å². The number of Topliss-reactive ketones (excluding diaryl/α,β-unsaturated/α-hetero) is 4. The van der Waals surface area contributed by atoms with Gasteiger partial charge < -0.3 is 31.3 Å². The minimum absolute atomic E-state index is 0.00254. The molecule has 2 heterocycles. The van der Waals surface area contributed by atoms with Gasteiger partial charge in [0.15, 0.2) is 11.9 Å². The Kier molecular flexibility index (Phi) is 15.5. The van der Waals surface area contributed by atoms with Gasteiger partial charge in [0.05, 0.1) is 6.61 Å². The number of ketones is 4. The molecule has 1 saturated heterocycles. The third kappa shape index (κ3) is 12.0. The Balaban J connectivity index is 2.13. The molecule has 272 valence electrons. The van der Waals surface area contributed by atoms with Crippen molar-refractivity contribution < 1.29 is 52.5 Å². The van der Waals surface area contributed by atoms with Crippen LogP contribution >= 0.6 is 0 Å². The van der Waals surface area contributed by atoms with Crippen molar-refractivity contribution in [3.63, 3.8) is 0 Å². The van der Waals surface area contributed by atoms with Crippen LogP contribution in [0.15, 0.2) is 29.2 Å². The number of nitrogens with one attached hydrogen (secondary N) is 2. The third-order valence-electron chi connectivity index (χ3n) is 8.20. The fourth-order valence-electron chi connectivity index (χ4n) is 5.23. The van der Waals surface area contributed by atoms with E-state index in [2.05, 4.69) is 22.2 Å². The molecule has 0 spiro atoms. The summed E-state index contributed by atoms with van der Waals surface area (Å²) in [5.74, 6) is -8.41. The first kappa shape index (κ1) is 41.0. The molecule has 0 aliphatic carbocycles. The lowest BCUT2D eigenvalue weighted by atomic mass is 9.81. The molecule has 0 saturated carbocycles. The van der Waals surface area contributed by atoms with Gasteiger partial charge in [0, 0.05) is 63.1 Å². The van der Waals surface area contributed by atoms with Gasteiger partial charge in [-0.05, 0) is 37.3 Å². The van der Waals surface area contributed by atoms with Gasteiger partial charge in [0.2, 0.25) is 12.1 Å². The summed E-state index contributed by atoms with van der Waals surface area (Å²) >= 11 is 0. The van der Waals surface area contributed by atoms with Crippen LogP contribution in [0.3, 0.4) is 0 Å². The molecule has 49 heavy (non-hydrogen) atoms. The lowest BCUT2D eigenvalue weighted by Gasteiger charge is -2.23. The molecule has 1 aromatic heterocycles. The first-order chi connectivity index (χ1) is 22.9. The topological polar surface area (TPSA) is 237 Å². The number of primary amides is 1. The van der Waals surface area contributed by atoms with Crippen molar-refractivity contribution in [1.82, 2.24) is 14.9 Å². The first-order valence-electron chi connectivity index (χ1n) is 15.9. The van der Waals surface area contributed by atoms with Gasteiger partial charge >= 0.3 is 17.6 Å². The Labute approximate surface area is 281 Å². The molecule has 0 aromatic carbocycles. The van der Waals surface area contributed by atoms with Crippen LogP contribution in [0, 0.1) is 17.8 Å². The molecule has 1 aromatic rings. The van der Waals surface area contributed by atoms with E-state index >= 15 is 0 Å². The number of urea groups is 1. The van der Waals surface area contributed by atoms with Crippen LogP contribution in [0.5, 0.6) is 0 Å². The number of ether oxygens (including phenoxy) is 1. The normalized spacial score (nSPS) is 19.6. The highest BCUT2D eigenvalue weighted by atomic mass is 19.3. The molecule has 5 atom stereocenters. The highest BCUT2D eigenvalue weighted by molar-refractivity contribution is 5.98. The number of hydrogen-bond acceptors (Lipinski definition) is 11. The van der Waals surface area contributed by atoms with Gasteiger partial charge in [-0.1, -0.05) is 20.4 Å². The fraction of sp³-hybridized carbons (Fsp3) is 0.625. The van der Waals surface area contributed by atoms with Crippen molar-refractivity contribution in [1.29, 1.82) is 0 Å². The van der Waals surface area contributed by atoms with E-state index in [-0.39, 0.29) is 87.0 Å². The second kappa shape index (κ2) is 18.5. The summed E-state index contributed by atoms with van der Waals surface area (Å²) in [6.45, 7) is 7.69. The van der Waals surface area contributed by atoms with Gasteiger partial charge in [-0.2, -0.15) is 13.8 Å². The van der Waals surface area contributed by atoms with Crippen LogP contribution in [-0.2, 0) is 28.7 Å². The van der Waals surface area contributed by atoms with Crippen molar-refractivity contribution in [2.24, 2.45) is 23.5 Å². The minimum Gasteiger partial charge on any atom is -0.394 e. The predicted molar refractivity (Wildman–Crippen MR) is 170 cm³/mol. The summed E-state index contributed by atoms with van der Waals surface area (Å²) < 4.78 is 34.4. The Morgan fingerprint density at radius 1 is 1.10 bits per heavy atom. The van der Waals surface area contributed by atoms with Crippen molar-refractivity contribution in [3.8, 4) is 0 Å². The average Bonchev–Trinajstić information content (AvgIpc) is 3.25. The largest absolute Gasteiger partial charge is 0.394 e. The van der Waals surface area contributed by atoms with Crippen LogP contribution in [0.1, 0.15) is 78.4 Å². The summed E-state index contributed by atoms with van der Waals surface area (Å²) in [6.07, 6.45) is -5.88. The van der Waals surface area contributed by atoms with E-state index in [1.165, 1.54) is 0 Å². The van der Waals surface area contributed by atoms with E-state index in [1.807, 2.05) is 0 Å². The summed E-state index contributed by atoms with van der Waals surface area (Å²) in [7, 11) is 0. The number of allylic oxidation sites excluding steroid dienone is 1. The van der Waals surface area contributed by atoms with Crippen LogP contribution in [0.25, 0.3) is 0 Å². The number of alkyl halides is 2. The number of anilines is 1. The van der Waals surface area contributed by atoms with Crippen LogP contribution in [0.4, 0.5) is 19.4 Å². The van der Waals surface area contributed by atoms with Crippen molar-refractivity contribution in [2.45, 2.75) is 96.5 Å². The van der Waals surface area contributed by atoms with Crippen molar-refractivity contribution in [3.05, 3.63) is 34.9 Å². The number of aromatic nitrogens is 2. The molecule has 15 nitrogen and oxygen atoms in total. The lowest BCUT2D eigenvalue weighted by Crippen LogP contribution is -2.42. The summed E-state index contributed by atoms with van der Waals surface area (Å²) in [4.78, 5) is 90.8. The molecule has 6 N–H and O–H groups in total. The average molecular weight is 698 g/mol. The minimum atomic E-state index is -3.94. The molecule has 3 amide bonds. The predicted octanol–water partition coefficient (Wildman–Crippen LogP) is 1.60. The maximum Gasteiger partial charge on any atom is 0.351 e. The zero-order chi connectivity index (χ0) is 37.1. The third-order valence-corrected chi connectivity index (χ3v) is 8.20. The molecule has 0 radical (unpaired) electrons.